The Bertz CT molecular complexity index is 548. The van der Waals surface area contributed by atoms with Crippen molar-refractivity contribution in [2.75, 3.05) is 0 Å². The zero-order valence-electron chi connectivity index (χ0n) is 9.54. The Kier molecular flexibility index (Phi) is 2.91. The first kappa shape index (κ1) is 10.9. The number of H-pyrrole nitrogens is 1. The minimum Gasteiger partial charge on any atom is -0.356 e. The molecule has 0 fully saturated rings. The van der Waals surface area contributed by atoms with E-state index in [4.69, 9.17) is 11.6 Å². The Hall–Kier alpha value is -1.25. The molecule has 2 N–H and O–H groups in total. The number of aromatic amines is 1. The zero-order valence-corrected chi connectivity index (χ0v) is 10.3. The van der Waals surface area contributed by atoms with E-state index in [0.717, 1.165) is 41.0 Å². The van der Waals surface area contributed by atoms with Crippen molar-refractivity contribution in [2.45, 2.75) is 25.4 Å². The average molecular weight is 247 g/mol. The lowest BCUT2D eigenvalue weighted by molar-refractivity contribution is 0.534. The van der Waals surface area contributed by atoms with Crippen LogP contribution in [-0.4, -0.2) is 11.0 Å². The van der Waals surface area contributed by atoms with Gasteiger partial charge in [-0.2, -0.15) is 0 Å². The van der Waals surface area contributed by atoms with Crippen molar-refractivity contribution in [2.24, 2.45) is 0 Å². The summed E-state index contributed by atoms with van der Waals surface area (Å²) in [5.74, 6) is 0. The first-order valence-corrected chi connectivity index (χ1v) is 6.36. The second kappa shape index (κ2) is 4.55. The highest BCUT2D eigenvalue weighted by Crippen LogP contribution is 2.27. The van der Waals surface area contributed by atoms with Gasteiger partial charge in [0.05, 0.1) is 5.02 Å². The number of benzene rings is 1. The maximum Gasteiger partial charge on any atom is 0.0705 e. The fourth-order valence-electron chi connectivity index (χ4n) is 2.32. The van der Waals surface area contributed by atoms with E-state index in [9.17, 15) is 0 Å². The van der Waals surface area contributed by atoms with Crippen molar-refractivity contribution < 1.29 is 0 Å². The van der Waals surface area contributed by atoms with Crippen LogP contribution in [0.1, 0.15) is 18.5 Å². The average Bonchev–Trinajstić information content (AvgIpc) is 2.96. The third-order valence-electron chi connectivity index (χ3n) is 3.29. The van der Waals surface area contributed by atoms with E-state index >= 15 is 0 Å². The second-order valence-electron chi connectivity index (χ2n) is 4.48. The summed E-state index contributed by atoms with van der Waals surface area (Å²) in [7, 11) is 0. The van der Waals surface area contributed by atoms with Crippen LogP contribution in [0.15, 0.2) is 36.4 Å². The van der Waals surface area contributed by atoms with E-state index in [1.54, 1.807) is 0 Å². The molecule has 1 aliphatic rings. The highest BCUT2D eigenvalue weighted by Gasteiger charge is 2.12. The summed E-state index contributed by atoms with van der Waals surface area (Å²) in [5, 5.41) is 5.47. The summed E-state index contributed by atoms with van der Waals surface area (Å²) in [5.41, 5.74) is 2.19. The minimum atomic E-state index is 0.567. The van der Waals surface area contributed by atoms with Crippen molar-refractivity contribution in [1.29, 1.82) is 0 Å². The predicted molar refractivity (Wildman–Crippen MR) is 72.3 cm³/mol. The van der Waals surface area contributed by atoms with Crippen molar-refractivity contribution >= 4 is 22.5 Å². The topological polar surface area (TPSA) is 27.8 Å². The van der Waals surface area contributed by atoms with Crippen LogP contribution in [0.25, 0.3) is 10.9 Å². The van der Waals surface area contributed by atoms with Gasteiger partial charge in [0.2, 0.25) is 0 Å². The van der Waals surface area contributed by atoms with Gasteiger partial charge >= 0.3 is 0 Å². The van der Waals surface area contributed by atoms with E-state index in [0.29, 0.717) is 6.04 Å². The molecule has 0 unspecified atom stereocenters. The molecule has 0 atom stereocenters. The van der Waals surface area contributed by atoms with Crippen molar-refractivity contribution in [1.82, 2.24) is 10.3 Å². The Balaban J connectivity index is 1.78. The molecule has 0 saturated carbocycles. The molecular weight excluding hydrogens is 232 g/mol. The van der Waals surface area contributed by atoms with Gasteiger partial charge in [-0.1, -0.05) is 42.0 Å². The van der Waals surface area contributed by atoms with Gasteiger partial charge in [0, 0.05) is 29.2 Å². The first-order chi connectivity index (χ1) is 8.34. The van der Waals surface area contributed by atoms with Crippen LogP contribution in [0, 0.1) is 0 Å². The smallest absolute Gasteiger partial charge is 0.0705 e. The van der Waals surface area contributed by atoms with E-state index in [1.165, 1.54) is 0 Å². The van der Waals surface area contributed by atoms with Crippen LogP contribution >= 0.6 is 11.6 Å². The van der Waals surface area contributed by atoms with Gasteiger partial charge in [-0.25, -0.2) is 0 Å². The number of para-hydroxylation sites is 1. The van der Waals surface area contributed by atoms with Crippen LogP contribution in [-0.2, 0) is 6.54 Å². The van der Waals surface area contributed by atoms with E-state index in [2.05, 4.69) is 34.6 Å². The number of aromatic nitrogens is 1. The van der Waals surface area contributed by atoms with Crippen molar-refractivity contribution in [3.05, 3.63) is 47.1 Å². The number of nitrogens with one attached hydrogen (secondary N) is 2. The maximum absolute atomic E-state index is 6.36. The monoisotopic (exact) mass is 246 g/mol. The van der Waals surface area contributed by atoms with Crippen LogP contribution in [0.3, 0.4) is 0 Å². The van der Waals surface area contributed by atoms with E-state index < -0.39 is 0 Å². The Morgan fingerprint density at radius 1 is 1.24 bits per heavy atom. The fraction of sp³-hybridized carbons (Fsp3) is 0.286. The summed E-state index contributed by atoms with van der Waals surface area (Å²) >= 11 is 6.36. The lowest BCUT2D eigenvalue weighted by atomic mass is 10.2. The molecule has 0 radical (unpaired) electrons. The quantitative estimate of drug-likeness (QED) is 0.796. The lowest BCUT2D eigenvalue weighted by Crippen LogP contribution is -2.25. The molecule has 3 heteroatoms. The van der Waals surface area contributed by atoms with Crippen LogP contribution in [0.2, 0.25) is 5.02 Å². The summed E-state index contributed by atoms with van der Waals surface area (Å²) < 4.78 is 0. The van der Waals surface area contributed by atoms with Gasteiger partial charge in [0.1, 0.15) is 0 Å². The Labute approximate surface area is 106 Å². The summed E-state index contributed by atoms with van der Waals surface area (Å²) in [4.78, 5) is 3.37. The van der Waals surface area contributed by atoms with Gasteiger partial charge in [-0.05, 0) is 18.9 Å². The minimum absolute atomic E-state index is 0.567. The Morgan fingerprint density at radius 2 is 2.00 bits per heavy atom. The highest BCUT2D eigenvalue weighted by molar-refractivity contribution is 6.36. The molecule has 17 heavy (non-hydrogen) atoms. The van der Waals surface area contributed by atoms with Gasteiger partial charge in [0.15, 0.2) is 0 Å². The summed E-state index contributed by atoms with van der Waals surface area (Å²) in [6, 6.07) is 8.71. The molecule has 0 spiro atoms. The molecule has 1 aromatic carbocycles. The first-order valence-electron chi connectivity index (χ1n) is 5.98. The number of halogens is 1. The van der Waals surface area contributed by atoms with Crippen LogP contribution < -0.4 is 5.32 Å². The molecule has 0 amide bonds. The number of hydrogen-bond acceptors (Lipinski definition) is 1. The molecule has 2 aromatic rings. The fourth-order valence-corrected chi connectivity index (χ4v) is 2.59. The molecule has 0 aliphatic heterocycles. The van der Waals surface area contributed by atoms with Crippen LogP contribution in [0.4, 0.5) is 0 Å². The van der Waals surface area contributed by atoms with Gasteiger partial charge < -0.3 is 10.3 Å². The standard InChI is InChI=1S/C14H15ClN2/c15-14-11-7-3-4-8-12(11)17-13(14)9-16-10-5-1-2-6-10/h1-4,7-8,10,16-17H,5-6,9H2. The molecule has 2 nitrogen and oxygen atoms in total. The van der Waals surface area contributed by atoms with Gasteiger partial charge in [-0.15, -0.1) is 0 Å². The molecule has 0 saturated heterocycles. The van der Waals surface area contributed by atoms with E-state index in [-0.39, 0.29) is 0 Å². The number of rotatable bonds is 3. The van der Waals surface area contributed by atoms with Gasteiger partial charge in [-0.3, -0.25) is 0 Å². The molecule has 1 aromatic heterocycles. The maximum atomic E-state index is 6.36. The molecule has 3 rings (SSSR count). The lowest BCUT2D eigenvalue weighted by Gasteiger charge is -2.10. The number of hydrogen-bond donors (Lipinski definition) is 2. The van der Waals surface area contributed by atoms with Crippen molar-refractivity contribution in [3.8, 4) is 0 Å². The van der Waals surface area contributed by atoms with E-state index in [1.807, 2.05) is 12.1 Å². The molecule has 88 valence electrons. The third kappa shape index (κ3) is 2.11. The molecule has 0 bridgehead atoms. The highest BCUT2D eigenvalue weighted by atomic mass is 35.5. The van der Waals surface area contributed by atoms with Gasteiger partial charge in [0.25, 0.3) is 0 Å². The predicted octanol–water partition coefficient (Wildman–Crippen LogP) is 3.63. The third-order valence-corrected chi connectivity index (χ3v) is 3.72. The summed E-state index contributed by atoms with van der Waals surface area (Å²) in [6.45, 7) is 0.805. The largest absolute Gasteiger partial charge is 0.356 e. The second-order valence-corrected chi connectivity index (χ2v) is 4.86. The zero-order chi connectivity index (χ0) is 11.7. The SMILES string of the molecule is Clc1c(CNC2CC=CC2)[nH]c2ccccc12. The normalized spacial score (nSPS) is 16.1. The Morgan fingerprint density at radius 3 is 2.76 bits per heavy atom. The molecular formula is C14H15ClN2. The number of fused-ring (bicyclic) bond motifs is 1. The summed E-state index contributed by atoms with van der Waals surface area (Å²) in [6.07, 6.45) is 6.70. The van der Waals surface area contributed by atoms with Crippen molar-refractivity contribution in [3.63, 3.8) is 0 Å². The molecule has 1 aliphatic carbocycles. The van der Waals surface area contributed by atoms with Crippen LogP contribution in [0.5, 0.6) is 0 Å². The molecule has 1 heterocycles.